The highest BCUT2D eigenvalue weighted by Gasteiger charge is 2.11. The molecule has 0 saturated carbocycles. The van der Waals surface area contributed by atoms with E-state index in [-0.39, 0.29) is 6.15 Å². The molecule has 0 aromatic carbocycles. The summed E-state index contributed by atoms with van der Waals surface area (Å²) in [5, 5.41) is 10.4. The molecule has 0 aliphatic heterocycles. The van der Waals surface area contributed by atoms with E-state index in [9.17, 15) is 4.57 Å². The van der Waals surface area contributed by atoms with Crippen LogP contribution in [0.2, 0.25) is 0 Å². The van der Waals surface area contributed by atoms with Crippen LogP contribution in [0.3, 0.4) is 0 Å². The SMILES string of the molecule is CC(=O)O.N.NCCCNCCSP(=O)(O)O. The minimum atomic E-state index is -3.87. The van der Waals surface area contributed by atoms with Gasteiger partial charge in [0.15, 0.2) is 0 Å². The van der Waals surface area contributed by atoms with Crippen LogP contribution >= 0.6 is 18.2 Å². The molecule has 0 fully saturated rings. The van der Waals surface area contributed by atoms with Gasteiger partial charge in [0.1, 0.15) is 0 Å². The van der Waals surface area contributed by atoms with Gasteiger partial charge < -0.3 is 32.1 Å². The molecule has 9 N–H and O–H groups in total. The van der Waals surface area contributed by atoms with E-state index in [4.69, 9.17) is 25.4 Å². The molecule has 0 aliphatic rings. The summed E-state index contributed by atoms with van der Waals surface area (Å²) >= 11 is 0.665. The summed E-state index contributed by atoms with van der Waals surface area (Å²) in [7, 11) is 0. The Morgan fingerprint density at radius 2 is 1.88 bits per heavy atom. The van der Waals surface area contributed by atoms with Gasteiger partial charge in [0, 0.05) is 19.2 Å². The van der Waals surface area contributed by atoms with E-state index in [2.05, 4.69) is 5.32 Å². The van der Waals surface area contributed by atoms with Crippen LogP contribution in [0.25, 0.3) is 0 Å². The molecule has 0 unspecified atom stereocenters. The molecule has 0 aromatic heterocycles. The molecule has 0 aliphatic carbocycles. The quantitative estimate of drug-likeness (QED) is 0.279. The molecule has 0 spiro atoms. The standard InChI is InChI=1S/C5H15N2O3PS.C2H4O2.H3N/c6-2-1-3-7-4-5-12-11(8,9)10;1-2(3)4;/h7H,1-6H2,(H2,8,9,10);1H3,(H,3,4);1H3. The topological polar surface area (TPSA) is 168 Å². The second-order valence-corrected chi connectivity index (χ2v) is 6.58. The number of carbonyl (C=O) groups is 1. The van der Waals surface area contributed by atoms with Crippen molar-refractivity contribution in [2.45, 2.75) is 13.3 Å². The summed E-state index contributed by atoms with van der Waals surface area (Å²) in [5.74, 6) is -0.408. The van der Waals surface area contributed by atoms with Crippen LogP contribution in [-0.4, -0.2) is 46.2 Å². The number of carboxylic acids is 1. The van der Waals surface area contributed by atoms with E-state index in [0.717, 1.165) is 19.9 Å². The first kappa shape index (κ1) is 22.1. The number of nitrogens with one attached hydrogen (secondary N) is 1. The Labute approximate surface area is 105 Å². The third-order valence-corrected chi connectivity index (χ3v) is 3.38. The first-order valence-electron chi connectivity index (χ1n) is 4.60. The molecule has 8 nitrogen and oxygen atoms in total. The molecule has 0 aromatic rings. The Balaban J connectivity index is -0.000000340. The number of hydrogen-bond acceptors (Lipinski definition) is 6. The summed E-state index contributed by atoms with van der Waals surface area (Å²) in [6.45, 7) is -0.738. The predicted octanol–water partition coefficient (Wildman–Crippen LogP) is 0.00360. The molecule has 0 radical (unpaired) electrons. The Hall–Kier alpha value is -0.150. The smallest absolute Gasteiger partial charge is 0.384 e. The van der Waals surface area contributed by atoms with Crippen molar-refractivity contribution in [1.82, 2.24) is 11.5 Å². The van der Waals surface area contributed by atoms with E-state index in [0.29, 0.717) is 30.2 Å². The number of aliphatic carboxylic acids is 1. The van der Waals surface area contributed by atoms with Gasteiger partial charge >= 0.3 is 6.80 Å². The zero-order chi connectivity index (χ0) is 13.0. The van der Waals surface area contributed by atoms with Gasteiger partial charge in [-0.15, -0.1) is 0 Å². The van der Waals surface area contributed by atoms with Crippen molar-refractivity contribution >= 4 is 24.1 Å². The average Bonchev–Trinajstić information content (AvgIpc) is 2.08. The van der Waals surface area contributed by atoms with Crippen molar-refractivity contribution in [3.63, 3.8) is 0 Å². The Kier molecular flexibility index (Phi) is 18.1. The highest BCUT2D eigenvalue weighted by molar-refractivity contribution is 8.54. The fraction of sp³-hybridized carbons (Fsp3) is 0.857. The van der Waals surface area contributed by atoms with Gasteiger partial charge in [0.25, 0.3) is 5.97 Å². The van der Waals surface area contributed by atoms with Gasteiger partial charge in [0.2, 0.25) is 0 Å². The number of carboxylic acid groups (broad SMARTS) is 1. The summed E-state index contributed by atoms with van der Waals surface area (Å²) in [6.07, 6.45) is 0.889. The molecule has 0 heterocycles. The van der Waals surface area contributed by atoms with Crippen molar-refractivity contribution in [3.8, 4) is 0 Å². The molecule has 0 atom stereocenters. The third-order valence-electron chi connectivity index (χ3n) is 1.10. The fourth-order valence-electron chi connectivity index (χ4n) is 0.589. The summed E-state index contributed by atoms with van der Waals surface area (Å²) in [6, 6.07) is 0. The highest BCUT2D eigenvalue weighted by Crippen LogP contribution is 2.49. The predicted molar refractivity (Wildman–Crippen MR) is 69.4 cm³/mol. The molecule has 0 bridgehead atoms. The van der Waals surface area contributed by atoms with Gasteiger partial charge in [-0.05, 0) is 30.9 Å². The Morgan fingerprint density at radius 3 is 2.24 bits per heavy atom. The van der Waals surface area contributed by atoms with Crippen molar-refractivity contribution in [2.24, 2.45) is 5.73 Å². The zero-order valence-corrected chi connectivity index (χ0v) is 11.5. The van der Waals surface area contributed by atoms with Gasteiger partial charge in [0.05, 0.1) is 0 Å². The summed E-state index contributed by atoms with van der Waals surface area (Å²) in [4.78, 5) is 25.9. The monoisotopic (exact) mass is 291 g/mol. The van der Waals surface area contributed by atoms with E-state index < -0.39 is 12.8 Å². The van der Waals surface area contributed by atoms with Crippen LogP contribution in [0.4, 0.5) is 0 Å². The molecule has 10 heteroatoms. The summed E-state index contributed by atoms with van der Waals surface area (Å²) < 4.78 is 10.3. The Bertz CT molecular complexity index is 222. The van der Waals surface area contributed by atoms with Gasteiger partial charge in [-0.1, -0.05) is 0 Å². The van der Waals surface area contributed by atoms with Gasteiger partial charge in [-0.2, -0.15) is 0 Å². The molecule has 17 heavy (non-hydrogen) atoms. The van der Waals surface area contributed by atoms with Crippen LogP contribution < -0.4 is 17.2 Å². The van der Waals surface area contributed by atoms with E-state index in [1.54, 1.807) is 0 Å². The van der Waals surface area contributed by atoms with Crippen LogP contribution in [0.1, 0.15) is 13.3 Å². The van der Waals surface area contributed by atoms with Gasteiger partial charge in [-0.3, -0.25) is 4.79 Å². The van der Waals surface area contributed by atoms with Crippen molar-refractivity contribution in [3.05, 3.63) is 0 Å². The maximum absolute atomic E-state index is 10.3. The molecule has 0 amide bonds. The maximum atomic E-state index is 10.3. The van der Waals surface area contributed by atoms with E-state index in [1.165, 1.54) is 0 Å². The number of rotatable bonds is 7. The lowest BCUT2D eigenvalue weighted by Gasteiger charge is -2.04. The zero-order valence-electron chi connectivity index (χ0n) is 9.83. The fourth-order valence-corrected chi connectivity index (χ4v) is 2.05. The minimum absolute atomic E-state index is 0. The lowest BCUT2D eigenvalue weighted by molar-refractivity contribution is -0.134. The van der Waals surface area contributed by atoms with Crippen LogP contribution in [0.15, 0.2) is 0 Å². The summed E-state index contributed by atoms with van der Waals surface area (Å²) in [5.41, 5.74) is 5.24. The molecule has 0 saturated heterocycles. The minimum Gasteiger partial charge on any atom is -0.481 e. The first-order chi connectivity index (χ1) is 7.29. The van der Waals surface area contributed by atoms with Crippen LogP contribution in [0.5, 0.6) is 0 Å². The second kappa shape index (κ2) is 13.9. The lowest BCUT2D eigenvalue weighted by atomic mass is 10.4. The van der Waals surface area contributed by atoms with Gasteiger partial charge in [-0.25, -0.2) is 4.57 Å². The Morgan fingerprint density at radius 1 is 1.41 bits per heavy atom. The van der Waals surface area contributed by atoms with Crippen molar-refractivity contribution in [2.75, 3.05) is 25.4 Å². The maximum Gasteiger partial charge on any atom is 0.384 e. The molecule has 106 valence electrons. The average molecular weight is 291 g/mol. The molecular weight excluding hydrogens is 269 g/mol. The number of hydrogen-bond donors (Lipinski definition) is 6. The van der Waals surface area contributed by atoms with Crippen LogP contribution in [-0.2, 0) is 9.36 Å². The largest absolute Gasteiger partial charge is 0.481 e. The van der Waals surface area contributed by atoms with Crippen LogP contribution in [0, 0.1) is 0 Å². The highest BCUT2D eigenvalue weighted by atomic mass is 32.7. The van der Waals surface area contributed by atoms with E-state index >= 15 is 0 Å². The third kappa shape index (κ3) is 38.8. The second-order valence-electron chi connectivity index (χ2n) is 2.74. The van der Waals surface area contributed by atoms with Crippen molar-refractivity contribution < 1.29 is 24.3 Å². The number of nitrogens with two attached hydrogens (primary N) is 1. The normalized spacial score (nSPS) is 9.88. The van der Waals surface area contributed by atoms with E-state index in [1.807, 2.05) is 0 Å². The lowest BCUT2D eigenvalue weighted by Crippen LogP contribution is -2.20. The van der Waals surface area contributed by atoms with Crippen molar-refractivity contribution in [1.29, 1.82) is 0 Å². The first-order valence-corrected chi connectivity index (χ1v) is 7.80. The molecular formula is C7H22N3O5PS. The molecule has 0 rings (SSSR count).